The summed E-state index contributed by atoms with van der Waals surface area (Å²) in [6.45, 7) is 2.02. The van der Waals surface area contributed by atoms with Crippen LogP contribution in [-0.4, -0.2) is 48.1 Å². The third-order valence-corrected chi connectivity index (χ3v) is 6.37. The number of hydrogen-bond donors (Lipinski definition) is 1. The van der Waals surface area contributed by atoms with Gasteiger partial charge < -0.3 is 10.2 Å². The van der Waals surface area contributed by atoms with Gasteiger partial charge in [0.2, 0.25) is 11.8 Å². The molecule has 2 aliphatic rings. The summed E-state index contributed by atoms with van der Waals surface area (Å²) in [5, 5.41) is 7.52. The number of anilines is 1. The van der Waals surface area contributed by atoms with Gasteiger partial charge >= 0.3 is 0 Å². The monoisotopic (exact) mass is 377 g/mol. The van der Waals surface area contributed by atoms with Crippen LogP contribution in [0.5, 0.6) is 0 Å². The van der Waals surface area contributed by atoms with Gasteiger partial charge in [-0.3, -0.25) is 9.59 Å². The molecular weight excluding hydrogens is 362 g/mol. The van der Waals surface area contributed by atoms with E-state index in [9.17, 15) is 9.59 Å². The molecule has 0 bridgehead atoms. The number of nitrogens with one attached hydrogen (secondary N) is 1. The number of rotatable bonds is 3. The van der Waals surface area contributed by atoms with Crippen molar-refractivity contribution in [2.75, 3.05) is 11.1 Å². The second-order valence-corrected chi connectivity index (χ2v) is 8.19. The molecule has 0 radical (unpaired) electrons. The fourth-order valence-corrected chi connectivity index (χ4v) is 4.98. The van der Waals surface area contributed by atoms with Crippen molar-refractivity contribution in [2.24, 2.45) is 0 Å². The molecule has 1 aromatic carbocycles. The molecule has 9 heteroatoms. The Balaban J connectivity index is 1.62. The molecule has 2 saturated heterocycles. The topological polar surface area (TPSA) is 80.1 Å². The summed E-state index contributed by atoms with van der Waals surface area (Å²) in [4.78, 5) is 30.5. The van der Waals surface area contributed by atoms with E-state index in [2.05, 4.69) is 15.4 Å². The maximum atomic E-state index is 12.9. The van der Waals surface area contributed by atoms with Crippen molar-refractivity contribution in [3.63, 3.8) is 0 Å². The predicted octanol–water partition coefficient (Wildman–Crippen LogP) is 2.31. The Morgan fingerprint density at radius 2 is 2.32 bits per heavy atom. The van der Waals surface area contributed by atoms with E-state index >= 15 is 0 Å². The molecule has 25 heavy (non-hydrogen) atoms. The van der Waals surface area contributed by atoms with Crippen LogP contribution >= 0.6 is 23.4 Å². The van der Waals surface area contributed by atoms with Gasteiger partial charge in [0.15, 0.2) is 0 Å². The Morgan fingerprint density at radius 3 is 3.08 bits per heavy atom. The highest BCUT2D eigenvalue weighted by atomic mass is 35.5. The Bertz CT molecular complexity index is 843. The zero-order valence-electron chi connectivity index (χ0n) is 13.5. The standard InChI is InChI=1S/C16H16ClN5O2S/c1-16-5-4-14(23)22(16)13(7-25-16)15(24)20-11-6-10(17)2-3-12(11)21-9-18-8-19-21/h2-3,6,8-9,13H,4-5,7H2,1H3,(H,20,24). The molecule has 2 aliphatic heterocycles. The Labute approximate surface area is 153 Å². The van der Waals surface area contributed by atoms with Crippen molar-refractivity contribution in [3.05, 3.63) is 35.9 Å². The van der Waals surface area contributed by atoms with Gasteiger partial charge in [-0.05, 0) is 31.5 Å². The van der Waals surface area contributed by atoms with E-state index in [1.54, 1.807) is 45.9 Å². The third kappa shape index (κ3) is 2.79. The van der Waals surface area contributed by atoms with Crippen LogP contribution in [0.15, 0.2) is 30.9 Å². The Morgan fingerprint density at radius 1 is 1.48 bits per heavy atom. The van der Waals surface area contributed by atoms with E-state index in [-0.39, 0.29) is 16.7 Å². The summed E-state index contributed by atoms with van der Waals surface area (Å²) in [6, 6.07) is 4.68. The Hall–Kier alpha value is -2.06. The second kappa shape index (κ2) is 6.03. The van der Waals surface area contributed by atoms with Crippen LogP contribution in [0.2, 0.25) is 5.02 Å². The van der Waals surface area contributed by atoms with Crippen LogP contribution < -0.4 is 5.32 Å². The van der Waals surface area contributed by atoms with Gasteiger partial charge in [-0.1, -0.05) is 11.6 Å². The second-order valence-electron chi connectivity index (χ2n) is 6.26. The van der Waals surface area contributed by atoms with Gasteiger partial charge in [0.1, 0.15) is 18.7 Å². The van der Waals surface area contributed by atoms with E-state index in [0.717, 1.165) is 6.42 Å². The summed E-state index contributed by atoms with van der Waals surface area (Å²) < 4.78 is 1.56. The average molecular weight is 378 g/mol. The van der Waals surface area contributed by atoms with Crippen LogP contribution in [0.3, 0.4) is 0 Å². The number of aromatic nitrogens is 3. The first kappa shape index (κ1) is 16.4. The first-order valence-electron chi connectivity index (χ1n) is 7.89. The van der Waals surface area contributed by atoms with Crippen molar-refractivity contribution in [1.82, 2.24) is 19.7 Å². The number of hydrogen-bond acceptors (Lipinski definition) is 5. The van der Waals surface area contributed by atoms with Crippen molar-refractivity contribution in [3.8, 4) is 5.69 Å². The number of nitrogens with zero attached hydrogens (tertiary/aromatic N) is 4. The van der Waals surface area contributed by atoms with Crippen LogP contribution in [-0.2, 0) is 9.59 Å². The lowest BCUT2D eigenvalue weighted by Crippen LogP contribution is -2.48. The highest BCUT2D eigenvalue weighted by molar-refractivity contribution is 8.01. The summed E-state index contributed by atoms with van der Waals surface area (Å²) >= 11 is 7.75. The van der Waals surface area contributed by atoms with Crippen molar-refractivity contribution >= 4 is 40.9 Å². The smallest absolute Gasteiger partial charge is 0.248 e. The van der Waals surface area contributed by atoms with Crippen LogP contribution in [0.4, 0.5) is 5.69 Å². The van der Waals surface area contributed by atoms with E-state index in [0.29, 0.717) is 28.6 Å². The fraction of sp³-hybridized carbons (Fsp3) is 0.375. The maximum absolute atomic E-state index is 12.9. The van der Waals surface area contributed by atoms with Crippen molar-refractivity contribution in [1.29, 1.82) is 0 Å². The molecule has 2 amide bonds. The Kier molecular flexibility index (Phi) is 3.96. The number of halogens is 1. The summed E-state index contributed by atoms with van der Waals surface area (Å²) in [7, 11) is 0. The highest BCUT2D eigenvalue weighted by Gasteiger charge is 2.52. The molecule has 2 aromatic rings. The molecule has 1 aromatic heterocycles. The summed E-state index contributed by atoms with van der Waals surface area (Å²) in [5.74, 6) is 0.415. The lowest BCUT2D eigenvalue weighted by Gasteiger charge is -2.30. The number of amides is 2. The quantitative estimate of drug-likeness (QED) is 0.887. The third-order valence-electron chi connectivity index (χ3n) is 4.63. The molecule has 3 heterocycles. The normalized spacial score (nSPS) is 25.3. The van der Waals surface area contributed by atoms with E-state index < -0.39 is 6.04 Å². The van der Waals surface area contributed by atoms with Gasteiger partial charge in [0, 0.05) is 17.2 Å². The van der Waals surface area contributed by atoms with Crippen LogP contribution in [0.1, 0.15) is 19.8 Å². The highest BCUT2D eigenvalue weighted by Crippen LogP contribution is 2.47. The maximum Gasteiger partial charge on any atom is 0.248 e. The number of thioether (sulfide) groups is 1. The first-order valence-corrected chi connectivity index (χ1v) is 9.26. The molecule has 130 valence electrons. The SMILES string of the molecule is CC12CCC(=O)N1C(C(=O)Nc1cc(Cl)ccc1-n1cncn1)CS2. The lowest BCUT2D eigenvalue weighted by molar-refractivity contribution is -0.135. The molecule has 1 N–H and O–H groups in total. The van der Waals surface area contributed by atoms with Gasteiger partial charge in [0.25, 0.3) is 0 Å². The molecule has 0 saturated carbocycles. The minimum atomic E-state index is -0.479. The number of benzene rings is 1. The lowest BCUT2D eigenvalue weighted by atomic mass is 10.2. The molecule has 7 nitrogen and oxygen atoms in total. The molecule has 2 unspecified atom stereocenters. The zero-order valence-corrected chi connectivity index (χ0v) is 15.0. The van der Waals surface area contributed by atoms with Gasteiger partial charge in [-0.2, -0.15) is 5.10 Å². The minimum Gasteiger partial charge on any atom is -0.322 e. The molecular formula is C16H16ClN5O2S. The first-order chi connectivity index (χ1) is 12.0. The number of carbonyl (C=O) groups is 2. The van der Waals surface area contributed by atoms with E-state index in [4.69, 9.17) is 11.6 Å². The molecule has 0 aliphatic carbocycles. The fourth-order valence-electron chi connectivity index (χ4n) is 3.37. The van der Waals surface area contributed by atoms with Gasteiger partial charge in [-0.25, -0.2) is 9.67 Å². The minimum absolute atomic E-state index is 0.0373. The van der Waals surface area contributed by atoms with E-state index in [1.807, 2.05) is 6.92 Å². The van der Waals surface area contributed by atoms with Crippen LogP contribution in [0, 0.1) is 0 Å². The largest absolute Gasteiger partial charge is 0.322 e. The number of carbonyl (C=O) groups excluding carboxylic acids is 2. The summed E-state index contributed by atoms with van der Waals surface area (Å²) in [6.07, 6.45) is 4.24. The molecule has 0 spiro atoms. The van der Waals surface area contributed by atoms with Crippen molar-refractivity contribution in [2.45, 2.75) is 30.7 Å². The molecule has 2 atom stereocenters. The van der Waals surface area contributed by atoms with Gasteiger partial charge in [0.05, 0.1) is 16.2 Å². The number of fused-ring (bicyclic) bond motifs is 1. The average Bonchev–Trinajstić information content (AvgIpc) is 3.26. The van der Waals surface area contributed by atoms with Gasteiger partial charge in [-0.15, -0.1) is 11.8 Å². The van der Waals surface area contributed by atoms with Crippen LogP contribution in [0.25, 0.3) is 5.69 Å². The molecule has 4 rings (SSSR count). The zero-order chi connectivity index (χ0) is 17.6. The van der Waals surface area contributed by atoms with E-state index in [1.165, 1.54) is 6.33 Å². The van der Waals surface area contributed by atoms with Crippen molar-refractivity contribution < 1.29 is 9.59 Å². The predicted molar refractivity (Wildman–Crippen MR) is 95.7 cm³/mol. The summed E-state index contributed by atoms with van der Waals surface area (Å²) in [5.41, 5.74) is 1.20. The molecule has 2 fully saturated rings.